The summed E-state index contributed by atoms with van der Waals surface area (Å²) in [6.45, 7) is 4.89. The van der Waals surface area contributed by atoms with Crippen LogP contribution in [0.1, 0.15) is 31.2 Å². The highest BCUT2D eigenvalue weighted by Gasteiger charge is 2.16. The predicted molar refractivity (Wildman–Crippen MR) is 69.0 cm³/mol. The van der Waals surface area contributed by atoms with Crippen molar-refractivity contribution in [1.29, 1.82) is 0 Å². The van der Waals surface area contributed by atoms with E-state index < -0.39 is 0 Å². The van der Waals surface area contributed by atoms with Crippen LogP contribution >= 0.6 is 0 Å². The van der Waals surface area contributed by atoms with E-state index in [0.717, 1.165) is 24.6 Å². The quantitative estimate of drug-likeness (QED) is 0.870. The minimum absolute atomic E-state index is 0.654. The van der Waals surface area contributed by atoms with Crippen molar-refractivity contribution < 1.29 is 9.47 Å². The average Bonchev–Trinajstić information content (AvgIpc) is 2.40. The Kier molecular flexibility index (Phi) is 4.26. The Labute approximate surface area is 103 Å². The van der Waals surface area contributed by atoms with E-state index in [9.17, 15) is 0 Å². The highest BCUT2D eigenvalue weighted by Crippen LogP contribution is 2.33. The molecule has 1 aromatic rings. The highest BCUT2D eigenvalue weighted by atomic mass is 16.5. The van der Waals surface area contributed by atoms with Crippen molar-refractivity contribution in [2.75, 3.05) is 26.8 Å². The third-order valence-electron chi connectivity index (χ3n) is 3.30. The van der Waals surface area contributed by atoms with Gasteiger partial charge >= 0.3 is 0 Å². The Balaban J connectivity index is 2.19. The van der Waals surface area contributed by atoms with E-state index in [1.54, 1.807) is 7.11 Å². The molecule has 0 amide bonds. The summed E-state index contributed by atoms with van der Waals surface area (Å²) in [6.07, 6.45) is 2.41. The maximum absolute atomic E-state index is 5.62. The third kappa shape index (κ3) is 2.91. The van der Waals surface area contributed by atoms with Crippen LogP contribution in [0.3, 0.4) is 0 Å². The van der Waals surface area contributed by atoms with E-state index in [4.69, 9.17) is 9.47 Å². The summed E-state index contributed by atoms with van der Waals surface area (Å²) in [6, 6.07) is 6.32. The lowest BCUT2D eigenvalue weighted by molar-refractivity contribution is 0.310. The number of methoxy groups -OCH3 is 1. The molecule has 1 N–H and O–H groups in total. The molecule has 94 valence electrons. The molecule has 0 spiro atoms. The van der Waals surface area contributed by atoms with Crippen molar-refractivity contribution in [3.05, 3.63) is 23.8 Å². The van der Waals surface area contributed by atoms with Crippen LogP contribution < -0.4 is 14.8 Å². The second kappa shape index (κ2) is 5.92. The zero-order valence-electron chi connectivity index (χ0n) is 10.7. The van der Waals surface area contributed by atoms with Crippen molar-refractivity contribution >= 4 is 0 Å². The monoisotopic (exact) mass is 235 g/mol. The highest BCUT2D eigenvalue weighted by molar-refractivity contribution is 5.44. The molecule has 0 saturated carbocycles. The maximum Gasteiger partial charge on any atom is 0.161 e. The van der Waals surface area contributed by atoms with Crippen LogP contribution in [-0.2, 0) is 0 Å². The standard InChI is InChI=1S/C14H21NO2/c1-3-17-14-10-12(4-5-13(14)16-2)11-6-8-15-9-7-11/h4-5,10-11,15H,3,6-9H2,1-2H3. The number of rotatable bonds is 4. The second-order valence-electron chi connectivity index (χ2n) is 4.37. The number of hydrogen-bond donors (Lipinski definition) is 1. The lowest BCUT2D eigenvalue weighted by atomic mass is 9.90. The first-order valence-electron chi connectivity index (χ1n) is 6.36. The van der Waals surface area contributed by atoms with Gasteiger partial charge in [0.15, 0.2) is 11.5 Å². The molecule has 2 rings (SSSR count). The predicted octanol–water partition coefficient (Wildman–Crippen LogP) is 2.56. The summed E-state index contributed by atoms with van der Waals surface area (Å²) < 4.78 is 10.9. The van der Waals surface area contributed by atoms with Gasteiger partial charge in [-0.15, -0.1) is 0 Å². The van der Waals surface area contributed by atoms with Gasteiger partial charge in [-0.2, -0.15) is 0 Å². The zero-order chi connectivity index (χ0) is 12.1. The number of ether oxygens (including phenoxy) is 2. The molecule has 1 saturated heterocycles. The van der Waals surface area contributed by atoms with Gasteiger partial charge in [0.2, 0.25) is 0 Å². The maximum atomic E-state index is 5.62. The topological polar surface area (TPSA) is 30.5 Å². The van der Waals surface area contributed by atoms with E-state index in [0.29, 0.717) is 12.5 Å². The number of nitrogens with one attached hydrogen (secondary N) is 1. The first kappa shape index (κ1) is 12.2. The molecule has 0 unspecified atom stereocenters. The molecule has 1 fully saturated rings. The first-order chi connectivity index (χ1) is 8.35. The molecule has 0 atom stereocenters. The lowest BCUT2D eigenvalue weighted by Gasteiger charge is -2.23. The van der Waals surface area contributed by atoms with Gasteiger partial charge in [-0.3, -0.25) is 0 Å². The molecule has 3 heteroatoms. The van der Waals surface area contributed by atoms with Crippen LogP contribution in [0, 0.1) is 0 Å². The lowest BCUT2D eigenvalue weighted by Crippen LogP contribution is -2.26. The molecule has 17 heavy (non-hydrogen) atoms. The van der Waals surface area contributed by atoms with E-state index in [2.05, 4.69) is 17.4 Å². The fraction of sp³-hybridized carbons (Fsp3) is 0.571. The van der Waals surface area contributed by atoms with Crippen LogP contribution in [0.2, 0.25) is 0 Å². The summed E-state index contributed by atoms with van der Waals surface area (Å²) in [5.41, 5.74) is 1.37. The largest absolute Gasteiger partial charge is 0.493 e. The van der Waals surface area contributed by atoms with Crippen molar-refractivity contribution in [3.8, 4) is 11.5 Å². The fourth-order valence-electron chi connectivity index (χ4n) is 2.37. The summed E-state index contributed by atoms with van der Waals surface area (Å²) in [5, 5.41) is 3.39. The first-order valence-corrected chi connectivity index (χ1v) is 6.36. The third-order valence-corrected chi connectivity index (χ3v) is 3.30. The Morgan fingerprint density at radius 1 is 1.24 bits per heavy atom. The molecular formula is C14H21NO2. The Morgan fingerprint density at radius 2 is 2.00 bits per heavy atom. The van der Waals surface area contributed by atoms with Crippen LogP contribution in [0.5, 0.6) is 11.5 Å². The molecule has 0 aliphatic carbocycles. The van der Waals surface area contributed by atoms with Crippen molar-refractivity contribution in [2.24, 2.45) is 0 Å². The van der Waals surface area contributed by atoms with Crippen LogP contribution in [0.15, 0.2) is 18.2 Å². The SMILES string of the molecule is CCOc1cc(C2CCNCC2)ccc1OC. The Bertz CT molecular complexity index is 359. The normalized spacial score (nSPS) is 16.8. The van der Waals surface area contributed by atoms with Gasteiger partial charge in [0, 0.05) is 0 Å². The number of piperidine rings is 1. The molecule has 3 nitrogen and oxygen atoms in total. The van der Waals surface area contributed by atoms with Gasteiger partial charge in [-0.05, 0) is 56.5 Å². The minimum Gasteiger partial charge on any atom is -0.493 e. The van der Waals surface area contributed by atoms with E-state index in [1.165, 1.54) is 18.4 Å². The van der Waals surface area contributed by atoms with Crippen molar-refractivity contribution in [2.45, 2.75) is 25.7 Å². The molecule has 1 aliphatic heterocycles. The van der Waals surface area contributed by atoms with Crippen LogP contribution in [-0.4, -0.2) is 26.8 Å². The fourth-order valence-corrected chi connectivity index (χ4v) is 2.37. The Hall–Kier alpha value is -1.22. The zero-order valence-corrected chi connectivity index (χ0v) is 10.7. The summed E-state index contributed by atoms with van der Waals surface area (Å²) in [7, 11) is 1.68. The van der Waals surface area contributed by atoms with Crippen LogP contribution in [0.4, 0.5) is 0 Å². The summed E-state index contributed by atoms with van der Waals surface area (Å²) in [4.78, 5) is 0. The van der Waals surface area contributed by atoms with Gasteiger partial charge in [-0.1, -0.05) is 6.07 Å². The van der Waals surface area contributed by atoms with Crippen molar-refractivity contribution in [3.63, 3.8) is 0 Å². The summed E-state index contributed by atoms with van der Waals surface area (Å²) in [5.74, 6) is 2.34. The van der Waals surface area contributed by atoms with Gasteiger partial charge in [0.1, 0.15) is 0 Å². The molecule has 1 aliphatic rings. The van der Waals surface area contributed by atoms with Gasteiger partial charge < -0.3 is 14.8 Å². The van der Waals surface area contributed by atoms with Gasteiger partial charge in [-0.25, -0.2) is 0 Å². The summed E-state index contributed by atoms with van der Waals surface area (Å²) >= 11 is 0. The van der Waals surface area contributed by atoms with E-state index in [1.807, 2.05) is 13.0 Å². The molecule has 0 bridgehead atoms. The molecule has 0 radical (unpaired) electrons. The Morgan fingerprint density at radius 3 is 2.65 bits per heavy atom. The van der Waals surface area contributed by atoms with Crippen molar-refractivity contribution in [1.82, 2.24) is 5.32 Å². The number of benzene rings is 1. The minimum atomic E-state index is 0.654. The molecule has 1 heterocycles. The van der Waals surface area contributed by atoms with Gasteiger partial charge in [0.25, 0.3) is 0 Å². The average molecular weight is 235 g/mol. The van der Waals surface area contributed by atoms with Crippen LogP contribution in [0.25, 0.3) is 0 Å². The molecule has 0 aromatic heterocycles. The molecule has 1 aromatic carbocycles. The van der Waals surface area contributed by atoms with E-state index >= 15 is 0 Å². The van der Waals surface area contributed by atoms with E-state index in [-0.39, 0.29) is 0 Å². The number of hydrogen-bond acceptors (Lipinski definition) is 3. The second-order valence-corrected chi connectivity index (χ2v) is 4.37. The molecular weight excluding hydrogens is 214 g/mol. The van der Waals surface area contributed by atoms with Gasteiger partial charge in [0.05, 0.1) is 13.7 Å². The smallest absolute Gasteiger partial charge is 0.161 e.